The van der Waals surface area contributed by atoms with Gasteiger partial charge in [-0.15, -0.1) is 0 Å². The van der Waals surface area contributed by atoms with Crippen LogP contribution in [0, 0.1) is 0 Å². The van der Waals surface area contributed by atoms with Gasteiger partial charge in [-0.2, -0.15) is 0 Å². The maximum atomic E-state index is 4.65. The van der Waals surface area contributed by atoms with Crippen LogP contribution in [0.15, 0.2) is 30.0 Å². The monoisotopic (exact) mass is 258 g/mol. The maximum Gasteiger partial charge on any atom is 0.0711 e. The highest BCUT2D eigenvalue weighted by molar-refractivity contribution is 5.30. The molecule has 0 spiro atoms. The summed E-state index contributed by atoms with van der Waals surface area (Å²) in [6.45, 7) is 2.21. The van der Waals surface area contributed by atoms with Gasteiger partial charge in [0.15, 0.2) is 0 Å². The number of aryl methyl sites for hydroxylation is 1. The standard InChI is InChI=1S/C17H26N2/c1-3-14-12-9-13-19-17(14)16(18-2)15-10-7-5-4-6-8-11-15/h9-10,12-13,16,18H,3-8,11H2,1-2H3/b15-10+. The largest absolute Gasteiger partial charge is 0.308 e. The first-order valence-corrected chi connectivity index (χ1v) is 7.66. The fraction of sp³-hybridized carbons (Fsp3) is 0.588. The molecule has 0 saturated heterocycles. The van der Waals surface area contributed by atoms with E-state index in [-0.39, 0.29) is 0 Å². The second kappa shape index (κ2) is 7.44. The smallest absolute Gasteiger partial charge is 0.0711 e. The third-order valence-corrected chi connectivity index (χ3v) is 4.07. The number of hydrogen-bond donors (Lipinski definition) is 1. The molecule has 1 aliphatic carbocycles. The average Bonchev–Trinajstić information content (AvgIpc) is 2.42. The van der Waals surface area contributed by atoms with E-state index in [0.29, 0.717) is 6.04 Å². The molecule has 19 heavy (non-hydrogen) atoms. The zero-order valence-corrected chi connectivity index (χ0v) is 12.3. The van der Waals surface area contributed by atoms with Crippen molar-refractivity contribution < 1.29 is 0 Å². The Morgan fingerprint density at radius 2 is 2.11 bits per heavy atom. The molecule has 1 unspecified atom stereocenters. The summed E-state index contributed by atoms with van der Waals surface area (Å²) < 4.78 is 0. The van der Waals surface area contributed by atoms with Crippen LogP contribution >= 0.6 is 0 Å². The zero-order valence-electron chi connectivity index (χ0n) is 12.3. The van der Waals surface area contributed by atoms with Crippen molar-refractivity contribution in [3.8, 4) is 0 Å². The normalized spacial score (nSPS) is 21.1. The molecule has 0 aromatic carbocycles. The minimum Gasteiger partial charge on any atom is -0.308 e. The molecule has 0 radical (unpaired) electrons. The fourth-order valence-corrected chi connectivity index (χ4v) is 2.99. The van der Waals surface area contributed by atoms with Crippen molar-refractivity contribution in [3.05, 3.63) is 41.2 Å². The van der Waals surface area contributed by atoms with Crippen LogP contribution in [0.2, 0.25) is 0 Å². The quantitative estimate of drug-likeness (QED) is 0.819. The first-order valence-electron chi connectivity index (χ1n) is 7.66. The van der Waals surface area contributed by atoms with Gasteiger partial charge in [-0.3, -0.25) is 4.98 Å². The predicted octanol–water partition coefficient (Wildman–Crippen LogP) is 4.19. The van der Waals surface area contributed by atoms with Gasteiger partial charge in [0.1, 0.15) is 0 Å². The number of nitrogens with zero attached hydrogens (tertiary/aromatic N) is 1. The van der Waals surface area contributed by atoms with Gasteiger partial charge in [0.25, 0.3) is 0 Å². The summed E-state index contributed by atoms with van der Waals surface area (Å²) >= 11 is 0. The summed E-state index contributed by atoms with van der Waals surface area (Å²) in [6, 6.07) is 4.55. The van der Waals surface area contributed by atoms with Crippen LogP contribution in [0.4, 0.5) is 0 Å². The van der Waals surface area contributed by atoms with Gasteiger partial charge in [-0.1, -0.05) is 37.5 Å². The first kappa shape index (κ1) is 14.3. The SMILES string of the molecule is CCc1cccnc1C(NC)/C1=C/CCCCCC1. The highest BCUT2D eigenvalue weighted by Crippen LogP contribution is 2.29. The molecule has 0 saturated carbocycles. The van der Waals surface area contributed by atoms with E-state index in [9.17, 15) is 0 Å². The number of nitrogens with one attached hydrogen (secondary N) is 1. The summed E-state index contributed by atoms with van der Waals surface area (Å²) in [6.07, 6.45) is 13.3. The summed E-state index contributed by atoms with van der Waals surface area (Å²) in [5, 5.41) is 3.48. The molecule has 1 aromatic rings. The van der Waals surface area contributed by atoms with Crippen molar-refractivity contribution in [2.75, 3.05) is 7.05 Å². The Morgan fingerprint density at radius 1 is 1.26 bits per heavy atom. The van der Waals surface area contributed by atoms with E-state index in [0.717, 1.165) is 6.42 Å². The lowest BCUT2D eigenvalue weighted by Crippen LogP contribution is -2.22. The van der Waals surface area contributed by atoms with Crippen molar-refractivity contribution in [2.24, 2.45) is 0 Å². The van der Waals surface area contributed by atoms with E-state index in [1.165, 1.54) is 55.4 Å². The third kappa shape index (κ3) is 3.66. The number of likely N-dealkylation sites (N-methyl/N-ethyl adjacent to an activating group) is 1. The van der Waals surface area contributed by atoms with E-state index < -0.39 is 0 Å². The Balaban J connectivity index is 2.27. The molecule has 0 aliphatic heterocycles. The second-order valence-electron chi connectivity index (χ2n) is 5.35. The molecule has 1 aromatic heterocycles. The van der Waals surface area contributed by atoms with E-state index in [1.807, 2.05) is 12.3 Å². The Hall–Kier alpha value is -1.15. The van der Waals surface area contributed by atoms with Gasteiger partial charge in [0.05, 0.1) is 11.7 Å². The van der Waals surface area contributed by atoms with Crippen LogP contribution in [0.1, 0.15) is 62.7 Å². The van der Waals surface area contributed by atoms with Crippen LogP contribution in [0.5, 0.6) is 0 Å². The van der Waals surface area contributed by atoms with Gasteiger partial charge >= 0.3 is 0 Å². The number of pyridine rings is 1. The predicted molar refractivity (Wildman–Crippen MR) is 81.2 cm³/mol. The van der Waals surface area contributed by atoms with E-state index >= 15 is 0 Å². The number of aromatic nitrogens is 1. The Labute approximate surface area is 117 Å². The zero-order chi connectivity index (χ0) is 13.5. The van der Waals surface area contributed by atoms with Crippen LogP contribution in [-0.2, 0) is 6.42 Å². The molecule has 2 rings (SSSR count). The maximum absolute atomic E-state index is 4.65. The van der Waals surface area contributed by atoms with Gasteiger partial charge in [0.2, 0.25) is 0 Å². The third-order valence-electron chi connectivity index (χ3n) is 4.07. The number of rotatable bonds is 4. The Morgan fingerprint density at radius 3 is 2.89 bits per heavy atom. The summed E-state index contributed by atoms with van der Waals surface area (Å²) in [5.41, 5.74) is 4.12. The molecule has 0 bridgehead atoms. The van der Waals surface area contributed by atoms with E-state index in [1.54, 1.807) is 0 Å². The first-order chi connectivity index (χ1) is 9.36. The molecule has 104 valence electrons. The van der Waals surface area contributed by atoms with Crippen molar-refractivity contribution in [1.29, 1.82) is 0 Å². The summed E-state index contributed by atoms with van der Waals surface area (Å²) in [7, 11) is 2.05. The molecule has 1 N–H and O–H groups in total. The summed E-state index contributed by atoms with van der Waals surface area (Å²) in [4.78, 5) is 4.65. The van der Waals surface area contributed by atoms with E-state index in [4.69, 9.17) is 0 Å². The summed E-state index contributed by atoms with van der Waals surface area (Å²) in [5.74, 6) is 0. The highest BCUT2D eigenvalue weighted by atomic mass is 14.9. The molecular weight excluding hydrogens is 232 g/mol. The number of hydrogen-bond acceptors (Lipinski definition) is 2. The number of allylic oxidation sites excluding steroid dienone is 1. The molecule has 1 heterocycles. The second-order valence-corrected chi connectivity index (χ2v) is 5.35. The van der Waals surface area contributed by atoms with Crippen LogP contribution in [0.25, 0.3) is 0 Å². The topological polar surface area (TPSA) is 24.9 Å². The van der Waals surface area contributed by atoms with Crippen molar-refractivity contribution in [3.63, 3.8) is 0 Å². The molecule has 0 fully saturated rings. The van der Waals surface area contributed by atoms with Crippen molar-refractivity contribution in [1.82, 2.24) is 10.3 Å². The fourth-order valence-electron chi connectivity index (χ4n) is 2.99. The van der Waals surface area contributed by atoms with Crippen molar-refractivity contribution >= 4 is 0 Å². The van der Waals surface area contributed by atoms with Crippen LogP contribution < -0.4 is 5.32 Å². The van der Waals surface area contributed by atoms with Crippen LogP contribution in [-0.4, -0.2) is 12.0 Å². The molecule has 1 aliphatic rings. The molecule has 1 atom stereocenters. The lowest BCUT2D eigenvalue weighted by molar-refractivity contribution is 0.564. The highest BCUT2D eigenvalue weighted by Gasteiger charge is 2.18. The van der Waals surface area contributed by atoms with Gasteiger partial charge in [0, 0.05) is 6.20 Å². The molecule has 2 heteroatoms. The average molecular weight is 258 g/mol. The minimum absolute atomic E-state index is 0.300. The van der Waals surface area contributed by atoms with Gasteiger partial charge < -0.3 is 5.32 Å². The Kier molecular flexibility index (Phi) is 5.59. The lowest BCUT2D eigenvalue weighted by Gasteiger charge is -2.23. The van der Waals surface area contributed by atoms with Crippen LogP contribution in [0.3, 0.4) is 0 Å². The minimum atomic E-state index is 0.300. The molecule has 0 amide bonds. The van der Waals surface area contributed by atoms with E-state index in [2.05, 4.69) is 36.4 Å². The van der Waals surface area contributed by atoms with Gasteiger partial charge in [-0.05, 0) is 50.8 Å². The lowest BCUT2D eigenvalue weighted by atomic mass is 9.91. The van der Waals surface area contributed by atoms with Crippen molar-refractivity contribution in [2.45, 2.75) is 57.9 Å². The molecular formula is C17H26N2. The molecule has 2 nitrogen and oxygen atoms in total. The Bertz CT molecular complexity index is 423. The van der Waals surface area contributed by atoms with Gasteiger partial charge in [-0.25, -0.2) is 0 Å².